The third-order valence-corrected chi connectivity index (χ3v) is 5.34. The van der Waals surface area contributed by atoms with E-state index < -0.39 is 0 Å². The van der Waals surface area contributed by atoms with Gasteiger partial charge >= 0.3 is 0 Å². The van der Waals surface area contributed by atoms with Crippen LogP contribution in [0.2, 0.25) is 0 Å². The SMILES string of the molecule is CN=C(NCc1cccc(OCCN(C)C)c1)NC1CCN(c2ccccc2OC)C1. The number of hydrogen-bond acceptors (Lipinski definition) is 5. The first-order chi connectivity index (χ1) is 15.1. The molecule has 1 heterocycles. The van der Waals surface area contributed by atoms with Gasteiger partial charge in [0.2, 0.25) is 0 Å². The Morgan fingerprint density at radius 2 is 2.03 bits per heavy atom. The molecule has 1 aliphatic rings. The number of aliphatic imine (C=N–C) groups is 1. The van der Waals surface area contributed by atoms with Crippen LogP contribution in [0, 0.1) is 0 Å². The van der Waals surface area contributed by atoms with E-state index in [0.717, 1.165) is 54.8 Å². The molecule has 1 aliphatic heterocycles. The quantitative estimate of drug-likeness (QED) is 0.476. The fraction of sp³-hybridized carbons (Fsp3) is 0.458. The lowest BCUT2D eigenvalue weighted by molar-refractivity contribution is 0.261. The van der Waals surface area contributed by atoms with Crippen molar-refractivity contribution in [3.63, 3.8) is 0 Å². The molecule has 0 aromatic heterocycles. The lowest BCUT2D eigenvalue weighted by atomic mass is 10.2. The first-order valence-corrected chi connectivity index (χ1v) is 10.8. The Morgan fingerprint density at radius 1 is 1.19 bits per heavy atom. The number of anilines is 1. The zero-order valence-electron chi connectivity index (χ0n) is 19.1. The Labute approximate surface area is 186 Å². The van der Waals surface area contributed by atoms with Crippen LogP contribution in [0.25, 0.3) is 0 Å². The molecule has 1 fully saturated rings. The Morgan fingerprint density at radius 3 is 2.81 bits per heavy atom. The van der Waals surface area contributed by atoms with Crippen LogP contribution in [0.1, 0.15) is 12.0 Å². The monoisotopic (exact) mass is 425 g/mol. The number of methoxy groups -OCH3 is 1. The molecule has 7 nitrogen and oxygen atoms in total. The zero-order chi connectivity index (χ0) is 22.1. The van der Waals surface area contributed by atoms with E-state index in [0.29, 0.717) is 19.2 Å². The van der Waals surface area contributed by atoms with E-state index in [9.17, 15) is 0 Å². The molecule has 1 atom stereocenters. The fourth-order valence-corrected chi connectivity index (χ4v) is 3.65. The van der Waals surface area contributed by atoms with Crippen LogP contribution in [0.5, 0.6) is 11.5 Å². The van der Waals surface area contributed by atoms with Crippen molar-refractivity contribution in [3.05, 3.63) is 54.1 Å². The van der Waals surface area contributed by atoms with Crippen LogP contribution in [0.15, 0.2) is 53.5 Å². The number of nitrogens with one attached hydrogen (secondary N) is 2. The molecule has 0 spiro atoms. The van der Waals surface area contributed by atoms with Crippen molar-refractivity contribution in [1.29, 1.82) is 0 Å². The number of para-hydroxylation sites is 2. The van der Waals surface area contributed by atoms with Gasteiger partial charge in [-0.15, -0.1) is 0 Å². The minimum atomic E-state index is 0.330. The van der Waals surface area contributed by atoms with Gasteiger partial charge in [0, 0.05) is 39.3 Å². The Bertz CT molecular complexity index is 855. The van der Waals surface area contributed by atoms with Crippen LogP contribution in [-0.2, 0) is 6.54 Å². The van der Waals surface area contributed by atoms with Gasteiger partial charge in [0.15, 0.2) is 5.96 Å². The summed E-state index contributed by atoms with van der Waals surface area (Å²) in [4.78, 5) is 8.87. The molecule has 2 aromatic rings. The number of rotatable bonds is 9. The Balaban J connectivity index is 1.49. The predicted octanol–water partition coefficient (Wildman–Crippen LogP) is 2.58. The Hall–Kier alpha value is -2.93. The van der Waals surface area contributed by atoms with Crippen LogP contribution in [0.4, 0.5) is 5.69 Å². The first kappa shape index (κ1) is 22.7. The summed E-state index contributed by atoms with van der Waals surface area (Å²) >= 11 is 0. The second-order valence-corrected chi connectivity index (χ2v) is 7.97. The molecule has 31 heavy (non-hydrogen) atoms. The summed E-state index contributed by atoms with van der Waals surface area (Å²) in [6, 6.07) is 16.7. The van der Waals surface area contributed by atoms with Gasteiger partial charge in [0.05, 0.1) is 12.8 Å². The highest BCUT2D eigenvalue weighted by Crippen LogP contribution is 2.30. The molecular weight excluding hydrogens is 390 g/mol. The normalized spacial score (nSPS) is 16.5. The van der Waals surface area contributed by atoms with Gasteiger partial charge in [-0.25, -0.2) is 0 Å². The molecule has 0 saturated carbocycles. The van der Waals surface area contributed by atoms with Gasteiger partial charge in [0.25, 0.3) is 0 Å². The van der Waals surface area contributed by atoms with Crippen LogP contribution < -0.4 is 25.0 Å². The molecule has 0 bridgehead atoms. The smallest absolute Gasteiger partial charge is 0.191 e. The van der Waals surface area contributed by atoms with Gasteiger partial charge in [0.1, 0.15) is 18.1 Å². The average molecular weight is 426 g/mol. The highest BCUT2D eigenvalue weighted by atomic mass is 16.5. The van der Waals surface area contributed by atoms with E-state index in [1.165, 1.54) is 0 Å². The molecule has 1 saturated heterocycles. The molecule has 2 N–H and O–H groups in total. The molecular formula is C24H35N5O2. The van der Waals surface area contributed by atoms with E-state index >= 15 is 0 Å². The number of likely N-dealkylation sites (N-methyl/N-ethyl adjacent to an activating group) is 1. The number of ether oxygens (including phenoxy) is 2. The number of nitrogens with zero attached hydrogens (tertiary/aromatic N) is 3. The highest BCUT2D eigenvalue weighted by molar-refractivity contribution is 5.80. The van der Waals surface area contributed by atoms with Gasteiger partial charge in [-0.3, -0.25) is 4.99 Å². The van der Waals surface area contributed by atoms with Gasteiger partial charge in [-0.05, 0) is 50.3 Å². The van der Waals surface area contributed by atoms with Gasteiger partial charge in [-0.2, -0.15) is 0 Å². The minimum absolute atomic E-state index is 0.330. The maximum atomic E-state index is 5.84. The van der Waals surface area contributed by atoms with E-state index in [1.54, 1.807) is 7.11 Å². The standard InChI is InChI=1S/C24H35N5O2/c1-25-24(26-17-19-8-7-9-21(16-19)31-15-14-28(2)3)27-20-12-13-29(18-20)22-10-5-6-11-23(22)30-4/h5-11,16,20H,12-15,17-18H2,1-4H3,(H2,25,26,27). The molecule has 2 aromatic carbocycles. The molecule has 7 heteroatoms. The van der Waals surface area contributed by atoms with Crippen molar-refractivity contribution in [2.45, 2.75) is 19.0 Å². The molecule has 1 unspecified atom stereocenters. The maximum absolute atomic E-state index is 5.84. The highest BCUT2D eigenvalue weighted by Gasteiger charge is 2.25. The number of hydrogen-bond donors (Lipinski definition) is 2. The summed E-state index contributed by atoms with van der Waals surface area (Å²) in [7, 11) is 7.62. The molecule has 0 radical (unpaired) electrons. The van der Waals surface area contributed by atoms with Gasteiger partial charge < -0.3 is 29.9 Å². The third-order valence-electron chi connectivity index (χ3n) is 5.34. The zero-order valence-corrected chi connectivity index (χ0v) is 19.1. The van der Waals surface area contributed by atoms with Crippen molar-refractivity contribution >= 4 is 11.6 Å². The summed E-state index contributed by atoms with van der Waals surface area (Å²) in [6.45, 7) is 4.16. The van der Waals surface area contributed by atoms with Crippen LogP contribution in [-0.4, -0.2) is 71.4 Å². The lowest BCUT2D eigenvalue weighted by Gasteiger charge is -2.22. The fourth-order valence-electron chi connectivity index (χ4n) is 3.65. The molecule has 0 aliphatic carbocycles. The largest absolute Gasteiger partial charge is 0.495 e. The van der Waals surface area contributed by atoms with Crippen molar-refractivity contribution in [1.82, 2.24) is 15.5 Å². The molecule has 3 rings (SSSR count). The van der Waals surface area contributed by atoms with Crippen LogP contribution >= 0.6 is 0 Å². The number of guanidine groups is 1. The Kier molecular flexibility index (Phi) is 8.41. The van der Waals surface area contributed by atoms with Gasteiger partial charge in [-0.1, -0.05) is 24.3 Å². The minimum Gasteiger partial charge on any atom is -0.495 e. The van der Waals surface area contributed by atoms with E-state index in [2.05, 4.69) is 49.7 Å². The van der Waals surface area contributed by atoms with E-state index in [1.807, 2.05) is 45.4 Å². The maximum Gasteiger partial charge on any atom is 0.191 e. The van der Waals surface area contributed by atoms with Crippen molar-refractivity contribution in [2.24, 2.45) is 4.99 Å². The predicted molar refractivity (Wildman–Crippen MR) is 127 cm³/mol. The topological polar surface area (TPSA) is 61.4 Å². The first-order valence-electron chi connectivity index (χ1n) is 10.8. The number of benzene rings is 2. The summed E-state index contributed by atoms with van der Waals surface area (Å²) in [5.74, 6) is 2.62. The van der Waals surface area contributed by atoms with Crippen molar-refractivity contribution < 1.29 is 9.47 Å². The summed E-state index contributed by atoms with van der Waals surface area (Å²) in [5.41, 5.74) is 2.30. The summed E-state index contributed by atoms with van der Waals surface area (Å²) in [5, 5.41) is 6.98. The van der Waals surface area contributed by atoms with E-state index in [4.69, 9.17) is 9.47 Å². The molecule has 0 amide bonds. The van der Waals surface area contributed by atoms with Crippen molar-refractivity contribution in [2.75, 3.05) is 59.4 Å². The van der Waals surface area contributed by atoms with Crippen LogP contribution in [0.3, 0.4) is 0 Å². The van der Waals surface area contributed by atoms with E-state index in [-0.39, 0.29) is 0 Å². The summed E-state index contributed by atoms with van der Waals surface area (Å²) in [6.07, 6.45) is 1.05. The third kappa shape index (κ3) is 6.79. The second-order valence-electron chi connectivity index (χ2n) is 7.97. The summed E-state index contributed by atoms with van der Waals surface area (Å²) < 4.78 is 11.4. The lowest BCUT2D eigenvalue weighted by Crippen LogP contribution is -2.44. The average Bonchev–Trinajstić information content (AvgIpc) is 3.25. The van der Waals surface area contributed by atoms with Crippen molar-refractivity contribution in [3.8, 4) is 11.5 Å². The molecule has 168 valence electrons. The second kappa shape index (κ2) is 11.5.